The van der Waals surface area contributed by atoms with Crippen LogP contribution >= 0.6 is 0 Å². The fourth-order valence-corrected chi connectivity index (χ4v) is 2.31. The summed E-state index contributed by atoms with van der Waals surface area (Å²) in [6, 6.07) is 7.94. The van der Waals surface area contributed by atoms with Crippen LogP contribution in [0.15, 0.2) is 33.5 Å². The molecule has 0 aliphatic carbocycles. The van der Waals surface area contributed by atoms with Gasteiger partial charge in [-0.05, 0) is 30.0 Å². The number of hydrogen-bond donors (Lipinski definition) is 0. The lowest BCUT2D eigenvalue weighted by molar-refractivity contribution is 0.647. The van der Waals surface area contributed by atoms with Crippen LogP contribution in [0.1, 0.15) is 19.4 Å². The zero-order chi connectivity index (χ0) is 11.5. The topological polar surface area (TPSA) is 29.4 Å². The molecular formula is C12H19NOS. The van der Waals surface area contributed by atoms with E-state index in [9.17, 15) is 4.21 Å². The quantitative estimate of drug-likeness (QED) is 0.777. The lowest BCUT2D eigenvalue weighted by atomic mass is 10.0. The Morgan fingerprint density at radius 1 is 1.27 bits per heavy atom. The summed E-state index contributed by atoms with van der Waals surface area (Å²) in [5.74, 6) is 0.651. The van der Waals surface area contributed by atoms with Crippen molar-refractivity contribution in [1.29, 1.82) is 0 Å². The number of hydrogen-bond acceptors (Lipinski definition) is 2. The largest absolute Gasteiger partial charge is 0.245 e. The molecular weight excluding hydrogens is 206 g/mol. The van der Waals surface area contributed by atoms with Crippen LogP contribution < -0.4 is 0 Å². The van der Waals surface area contributed by atoms with Crippen LogP contribution in [0.25, 0.3) is 0 Å². The molecule has 84 valence electrons. The van der Waals surface area contributed by atoms with Crippen molar-refractivity contribution >= 4 is 9.73 Å². The Morgan fingerprint density at radius 3 is 2.20 bits per heavy atom. The Labute approximate surface area is 92.9 Å². The predicted molar refractivity (Wildman–Crippen MR) is 65.7 cm³/mol. The highest BCUT2D eigenvalue weighted by atomic mass is 32.2. The van der Waals surface area contributed by atoms with Gasteiger partial charge in [0.25, 0.3) is 0 Å². The lowest BCUT2D eigenvalue weighted by Gasteiger charge is -2.07. The van der Waals surface area contributed by atoms with Crippen molar-refractivity contribution < 1.29 is 4.21 Å². The first-order valence-electron chi connectivity index (χ1n) is 5.15. The van der Waals surface area contributed by atoms with Gasteiger partial charge in [0.15, 0.2) is 0 Å². The number of nitrogens with zero attached hydrogens (tertiary/aromatic N) is 1. The second-order valence-corrected chi connectivity index (χ2v) is 6.67. The highest BCUT2D eigenvalue weighted by molar-refractivity contribution is 7.93. The summed E-state index contributed by atoms with van der Waals surface area (Å²) in [5, 5.41) is 0. The third kappa shape index (κ3) is 3.34. The monoisotopic (exact) mass is 225 g/mol. The van der Waals surface area contributed by atoms with E-state index >= 15 is 0 Å². The fraction of sp³-hybridized carbons (Fsp3) is 0.500. The molecule has 0 heterocycles. The number of rotatable bonds is 3. The maximum Gasteiger partial charge on any atom is 0.0720 e. The molecule has 3 heteroatoms. The van der Waals surface area contributed by atoms with Gasteiger partial charge < -0.3 is 0 Å². The SMILES string of the molecule is CN=S(C)(=O)c1ccc(CC(C)C)cc1. The fourth-order valence-electron chi connectivity index (χ4n) is 1.45. The molecule has 0 saturated heterocycles. The molecule has 0 saturated carbocycles. The van der Waals surface area contributed by atoms with E-state index in [4.69, 9.17) is 0 Å². The highest BCUT2D eigenvalue weighted by Gasteiger charge is 2.04. The zero-order valence-corrected chi connectivity index (χ0v) is 10.7. The molecule has 15 heavy (non-hydrogen) atoms. The van der Waals surface area contributed by atoms with Gasteiger partial charge in [-0.1, -0.05) is 26.0 Å². The van der Waals surface area contributed by atoms with Gasteiger partial charge in [-0.2, -0.15) is 0 Å². The van der Waals surface area contributed by atoms with Gasteiger partial charge in [-0.3, -0.25) is 0 Å². The Hall–Kier alpha value is -0.830. The van der Waals surface area contributed by atoms with Gasteiger partial charge in [0, 0.05) is 18.2 Å². The minimum absolute atomic E-state index is 0.651. The van der Waals surface area contributed by atoms with Crippen LogP contribution in [-0.4, -0.2) is 17.5 Å². The average Bonchev–Trinajstić information content (AvgIpc) is 2.18. The summed E-state index contributed by atoms with van der Waals surface area (Å²) in [7, 11) is -0.567. The van der Waals surface area contributed by atoms with E-state index in [1.807, 2.05) is 24.3 Å². The maximum atomic E-state index is 11.9. The van der Waals surface area contributed by atoms with Gasteiger partial charge in [-0.15, -0.1) is 0 Å². The second-order valence-electron chi connectivity index (χ2n) is 4.23. The van der Waals surface area contributed by atoms with E-state index in [-0.39, 0.29) is 0 Å². The van der Waals surface area contributed by atoms with Gasteiger partial charge >= 0.3 is 0 Å². The van der Waals surface area contributed by atoms with Crippen LogP contribution in [-0.2, 0) is 16.1 Å². The molecule has 0 bridgehead atoms. The van der Waals surface area contributed by atoms with E-state index in [1.165, 1.54) is 5.56 Å². The minimum atomic E-state index is -2.17. The summed E-state index contributed by atoms with van der Waals surface area (Å²) in [6.45, 7) is 4.39. The van der Waals surface area contributed by atoms with Crippen LogP contribution in [0.2, 0.25) is 0 Å². The van der Waals surface area contributed by atoms with Crippen molar-refractivity contribution in [2.24, 2.45) is 10.3 Å². The van der Waals surface area contributed by atoms with Crippen molar-refractivity contribution in [3.05, 3.63) is 29.8 Å². The predicted octanol–water partition coefficient (Wildman–Crippen LogP) is 2.97. The third-order valence-corrected chi connectivity index (χ3v) is 4.20. The molecule has 1 unspecified atom stereocenters. The van der Waals surface area contributed by atoms with Crippen molar-refractivity contribution in [2.45, 2.75) is 25.2 Å². The first kappa shape index (κ1) is 12.2. The van der Waals surface area contributed by atoms with Crippen molar-refractivity contribution in [1.82, 2.24) is 0 Å². The van der Waals surface area contributed by atoms with E-state index < -0.39 is 9.73 Å². The molecule has 0 amide bonds. The molecule has 1 rings (SSSR count). The lowest BCUT2D eigenvalue weighted by Crippen LogP contribution is -1.98. The second kappa shape index (κ2) is 4.79. The molecule has 0 fully saturated rings. The molecule has 0 aromatic heterocycles. The normalized spacial score (nSPS) is 15.0. The first-order chi connectivity index (χ1) is 6.95. The van der Waals surface area contributed by atoms with Crippen molar-refractivity contribution in [3.8, 4) is 0 Å². The molecule has 1 aromatic rings. The summed E-state index contributed by atoms with van der Waals surface area (Å²) in [4.78, 5) is 0.817. The van der Waals surface area contributed by atoms with E-state index in [0.29, 0.717) is 5.92 Å². The summed E-state index contributed by atoms with van der Waals surface area (Å²) >= 11 is 0. The summed E-state index contributed by atoms with van der Waals surface area (Å²) in [6.07, 6.45) is 2.74. The molecule has 1 aromatic carbocycles. The first-order valence-corrected chi connectivity index (χ1v) is 7.07. The Kier molecular flexibility index (Phi) is 3.91. The minimum Gasteiger partial charge on any atom is -0.245 e. The standard InChI is InChI=1S/C12H19NOS/c1-10(2)9-11-5-7-12(8-6-11)15(4,14)13-3/h5-8,10H,9H2,1-4H3. The highest BCUT2D eigenvalue weighted by Crippen LogP contribution is 2.14. The van der Waals surface area contributed by atoms with Crippen LogP contribution in [0.5, 0.6) is 0 Å². The van der Waals surface area contributed by atoms with Crippen molar-refractivity contribution in [3.63, 3.8) is 0 Å². The average molecular weight is 225 g/mol. The molecule has 1 atom stereocenters. The van der Waals surface area contributed by atoms with Gasteiger partial charge in [-0.25, -0.2) is 8.57 Å². The Balaban J connectivity index is 2.96. The summed E-state index contributed by atoms with van der Waals surface area (Å²) < 4.78 is 15.8. The molecule has 0 aliphatic rings. The van der Waals surface area contributed by atoms with E-state index in [2.05, 4.69) is 18.2 Å². The van der Waals surface area contributed by atoms with Gasteiger partial charge in [0.2, 0.25) is 0 Å². The van der Waals surface area contributed by atoms with E-state index in [1.54, 1.807) is 13.3 Å². The molecule has 2 nitrogen and oxygen atoms in total. The van der Waals surface area contributed by atoms with Crippen LogP contribution in [0.4, 0.5) is 0 Å². The summed E-state index contributed by atoms with van der Waals surface area (Å²) in [5.41, 5.74) is 1.29. The van der Waals surface area contributed by atoms with Crippen LogP contribution in [0, 0.1) is 5.92 Å². The zero-order valence-electron chi connectivity index (χ0n) is 9.86. The van der Waals surface area contributed by atoms with Crippen LogP contribution in [0.3, 0.4) is 0 Å². The Bertz CT molecular complexity index is 425. The maximum absolute atomic E-state index is 11.9. The van der Waals surface area contributed by atoms with Gasteiger partial charge in [0.05, 0.1) is 9.73 Å². The van der Waals surface area contributed by atoms with Gasteiger partial charge in [0.1, 0.15) is 0 Å². The molecule has 0 spiro atoms. The third-order valence-electron chi connectivity index (χ3n) is 2.35. The van der Waals surface area contributed by atoms with E-state index in [0.717, 1.165) is 11.3 Å². The molecule has 0 aliphatic heterocycles. The number of benzene rings is 1. The molecule has 0 radical (unpaired) electrons. The molecule has 0 N–H and O–H groups in total. The smallest absolute Gasteiger partial charge is 0.0720 e. The Morgan fingerprint density at radius 2 is 1.80 bits per heavy atom. The van der Waals surface area contributed by atoms with Crippen molar-refractivity contribution in [2.75, 3.05) is 13.3 Å².